The number of hydrogen-bond acceptors (Lipinski definition) is 3. The molecule has 1 N–H and O–H groups in total. The zero-order chi connectivity index (χ0) is 13.7. The molecule has 0 bridgehead atoms. The Morgan fingerprint density at radius 1 is 1.11 bits per heavy atom. The Bertz CT molecular complexity index is 248. The monoisotopic (exact) mass is 267 g/mol. The zero-order valence-corrected chi connectivity index (χ0v) is 13.2. The minimum Gasteiger partial charge on any atom is -0.315 e. The second kappa shape index (κ2) is 7.61. The quantitative estimate of drug-likeness (QED) is 0.843. The first-order valence-electron chi connectivity index (χ1n) is 8.43. The van der Waals surface area contributed by atoms with Gasteiger partial charge in [-0.1, -0.05) is 6.92 Å². The molecule has 0 aromatic rings. The van der Waals surface area contributed by atoms with Gasteiger partial charge in [-0.25, -0.2) is 0 Å². The van der Waals surface area contributed by atoms with Gasteiger partial charge in [0.2, 0.25) is 0 Å². The maximum absolute atomic E-state index is 3.58. The van der Waals surface area contributed by atoms with E-state index in [9.17, 15) is 0 Å². The predicted octanol–water partition coefficient (Wildman–Crippen LogP) is 2.32. The Labute approximate surface area is 119 Å². The number of likely N-dealkylation sites (N-methyl/N-ethyl adjacent to an activating group) is 1. The largest absolute Gasteiger partial charge is 0.315 e. The van der Waals surface area contributed by atoms with E-state index in [1.165, 1.54) is 64.8 Å². The molecule has 0 aromatic carbocycles. The molecule has 0 aliphatic carbocycles. The molecular formula is C16H33N3. The van der Waals surface area contributed by atoms with Crippen LogP contribution in [0.4, 0.5) is 0 Å². The van der Waals surface area contributed by atoms with Gasteiger partial charge >= 0.3 is 0 Å². The summed E-state index contributed by atoms with van der Waals surface area (Å²) in [6, 6.07) is 2.32. The van der Waals surface area contributed by atoms with E-state index in [1.807, 2.05) is 0 Å². The number of nitrogens with one attached hydrogen (secondary N) is 1. The molecule has 0 amide bonds. The molecule has 2 aliphatic heterocycles. The molecule has 2 fully saturated rings. The molecule has 0 spiro atoms. The summed E-state index contributed by atoms with van der Waals surface area (Å²) in [5.74, 6) is 0. The Morgan fingerprint density at radius 3 is 2.53 bits per heavy atom. The van der Waals surface area contributed by atoms with E-state index in [1.54, 1.807) is 0 Å². The highest BCUT2D eigenvalue weighted by atomic mass is 15.2. The van der Waals surface area contributed by atoms with Gasteiger partial charge < -0.3 is 10.2 Å². The van der Waals surface area contributed by atoms with E-state index in [0.29, 0.717) is 6.04 Å². The van der Waals surface area contributed by atoms with Crippen LogP contribution in [0.25, 0.3) is 0 Å². The molecule has 112 valence electrons. The van der Waals surface area contributed by atoms with Crippen molar-refractivity contribution in [2.45, 2.75) is 71.0 Å². The van der Waals surface area contributed by atoms with Crippen molar-refractivity contribution in [1.82, 2.24) is 15.1 Å². The fourth-order valence-corrected chi connectivity index (χ4v) is 3.88. The molecule has 3 nitrogen and oxygen atoms in total. The average molecular weight is 267 g/mol. The Kier molecular flexibility index (Phi) is 6.11. The van der Waals surface area contributed by atoms with Crippen molar-refractivity contribution in [3.8, 4) is 0 Å². The minimum atomic E-state index is 0.713. The highest BCUT2D eigenvalue weighted by molar-refractivity contribution is 4.85. The van der Waals surface area contributed by atoms with Gasteiger partial charge in [-0.15, -0.1) is 0 Å². The van der Waals surface area contributed by atoms with Gasteiger partial charge in [-0.2, -0.15) is 0 Å². The summed E-state index contributed by atoms with van der Waals surface area (Å²) in [7, 11) is 0. The highest BCUT2D eigenvalue weighted by Crippen LogP contribution is 2.22. The molecule has 3 heteroatoms. The van der Waals surface area contributed by atoms with E-state index < -0.39 is 0 Å². The molecule has 0 aromatic heterocycles. The summed E-state index contributed by atoms with van der Waals surface area (Å²) in [5.41, 5.74) is 0. The SMILES string of the molecule is CCN(C1CCCN(C(C)C)CC1)C1CCCNC1. The van der Waals surface area contributed by atoms with Crippen molar-refractivity contribution in [3.05, 3.63) is 0 Å². The fraction of sp³-hybridized carbons (Fsp3) is 1.00. The molecule has 2 heterocycles. The lowest BCUT2D eigenvalue weighted by molar-refractivity contribution is 0.107. The van der Waals surface area contributed by atoms with E-state index in [-0.39, 0.29) is 0 Å². The molecule has 2 saturated heterocycles. The van der Waals surface area contributed by atoms with Crippen LogP contribution in [0.1, 0.15) is 52.9 Å². The van der Waals surface area contributed by atoms with Crippen LogP contribution in [0.15, 0.2) is 0 Å². The van der Waals surface area contributed by atoms with E-state index in [4.69, 9.17) is 0 Å². The van der Waals surface area contributed by atoms with Crippen molar-refractivity contribution >= 4 is 0 Å². The van der Waals surface area contributed by atoms with Crippen LogP contribution < -0.4 is 5.32 Å². The average Bonchev–Trinajstić information content (AvgIpc) is 2.67. The van der Waals surface area contributed by atoms with E-state index >= 15 is 0 Å². The minimum absolute atomic E-state index is 0.713. The van der Waals surface area contributed by atoms with Gasteiger partial charge in [0.25, 0.3) is 0 Å². The van der Waals surface area contributed by atoms with Crippen molar-refractivity contribution in [2.75, 3.05) is 32.7 Å². The van der Waals surface area contributed by atoms with Gasteiger partial charge in [0, 0.05) is 24.7 Å². The third kappa shape index (κ3) is 4.17. The lowest BCUT2D eigenvalue weighted by atomic mass is 10.00. The summed E-state index contributed by atoms with van der Waals surface area (Å²) in [6.07, 6.45) is 6.88. The summed E-state index contributed by atoms with van der Waals surface area (Å²) in [5, 5.41) is 3.58. The zero-order valence-electron chi connectivity index (χ0n) is 13.2. The van der Waals surface area contributed by atoms with Gasteiger partial charge in [-0.05, 0) is 72.1 Å². The summed E-state index contributed by atoms with van der Waals surface area (Å²) >= 11 is 0. The Hall–Kier alpha value is -0.120. The Morgan fingerprint density at radius 2 is 1.89 bits per heavy atom. The predicted molar refractivity (Wildman–Crippen MR) is 82.6 cm³/mol. The van der Waals surface area contributed by atoms with E-state index in [2.05, 4.69) is 35.9 Å². The lowest BCUT2D eigenvalue weighted by Crippen LogP contribution is -2.50. The van der Waals surface area contributed by atoms with Crippen LogP contribution in [-0.2, 0) is 0 Å². The van der Waals surface area contributed by atoms with Crippen molar-refractivity contribution in [1.29, 1.82) is 0 Å². The highest BCUT2D eigenvalue weighted by Gasteiger charge is 2.28. The van der Waals surface area contributed by atoms with Crippen LogP contribution in [0.3, 0.4) is 0 Å². The van der Waals surface area contributed by atoms with Gasteiger partial charge in [-0.3, -0.25) is 4.90 Å². The molecule has 19 heavy (non-hydrogen) atoms. The third-order valence-corrected chi connectivity index (χ3v) is 5.04. The maximum Gasteiger partial charge on any atom is 0.0223 e. The van der Waals surface area contributed by atoms with Gasteiger partial charge in [0.1, 0.15) is 0 Å². The van der Waals surface area contributed by atoms with Crippen LogP contribution in [0.2, 0.25) is 0 Å². The van der Waals surface area contributed by atoms with Gasteiger partial charge in [0.05, 0.1) is 0 Å². The summed E-state index contributed by atoms with van der Waals surface area (Å²) in [6.45, 7) is 13.3. The molecular weight excluding hydrogens is 234 g/mol. The smallest absolute Gasteiger partial charge is 0.0223 e. The topological polar surface area (TPSA) is 18.5 Å². The molecule has 2 atom stereocenters. The lowest BCUT2D eigenvalue weighted by Gasteiger charge is -2.39. The van der Waals surface area contributed by atoms with E-state index in [0.717, 1.165) is 12.1 Å². The first-order chi connectivity index (χ1) is 9.22. The molecule has 2 unspecified atom stereocenters. The second-order valence-electron chi connectivity index (χ2n) is 6.55. The number of likely N-dealkylation sites (tertiary alicyclic amines) is 1. The maximum atomic E-state index is 3.58. The van der Waals surface area contributed by atoms with Crippen LogP contribution in [-0.4, -0.2) is 60.6 Å². The fourth-order valence-electron chi connectivity index (χ4n) is 3.88. The normalized spacial score (nSPS) is 30.8. The van der Waals surface area contributed by atoms with Crippen LogP contribution in [0, 0.1) is 0 Å². The van der Waals surface area contributed by atoms with Crippen molar-refractivity contribution in [2.24, 2.45) is 0 Å². The number of nitrogens with zero attached hydrogens (tertiary/aromatic N) is 2. The molecule has 2 aliphatic rings. The van der Waals surface area contributed by atoms with Crippen LogP contribution >= 0.6 is 0 Å². The molecule has 0 saturated carbocycles. The summed E-state index contributed by atoms with van der Waals surface area (Å²) in [4.78, 5) is 5.46. The van der Waals surface area contributed by atoms with Crippen LogP contribution in [0.5, 0.6) is 0 Å². The third-order valence-electron chi connectivity index (χ3n) is 5.04. The number of hydrogen-bond donors (Lipinski definition) is 1. The number of piperidine rings is 1. The molecule has 0 radical (unpaired) electrons. The van der Waals surface area contributed by atoms with Gasteiger partial charge in [0.15, 0.2) is 0 Å². The number of rotatable bonds is 4. The second-order valence-corrected chi connectivity index (χ2v) is 6.55. The Balaban J connectivity index is 1.91. The summed E-state index contributed by atoms with van der Waals surface area (Å²) < 4.78 is 0. The first kappa shape index (κ1) is 15.3. The van der Waals surface area contributed by atoms with Crippen molar-refractivity contribution < 1.29 is 0 Å². The first-order valence-corrected chi connectivity index (χ1v) is 8.43. The standard InChI is InChI=1S/C16H33N3/c1-4-19(16-7-5-10-17-13-16)15-8-6-11-18(12-9-15)14(2)3/h14-17H,4-13H2,1-3H3. The van der Waals surface area contributed by atoms with Crippen molar-refractivity contribution in [3.63, 3.8) is 0 Å². The molecule has 2 rings (SSSR count).